The fourth-order valence-electron chi connectivity index (χ4n) is 1.44. The molecule has 0 saturated carbocycles. The van der Waals surface area contributed by atoms with E-state index in [2.05, 4.69) is 5.32 Å². The summed E-state index contributed by atoms with van der Waals surface area (Å²) in [6.07, 6.45) is -3.51. The number of aliphatic hydroxyl groups excluding tert-OH is 2. The zero-order valence-corrected chi connectivity index (χ0v) is 8.20. The second kappa shape index (κ2) is 3.92. The summed E-state index contributed by atoms with van der Waals surface area (Å²) in [5.74, 6) is -0.859. The quantitative estimate of drug-likeness (QED) is 0.409. The topological polar surface area (TPSA) is 95.6 Å². The van der Waals surface area contributed by atoms with Crippen LogP contribution < -0.4 is 5.32 Å². The Bertz CT molecular complexity index is 443. The lowest BCUT2D eigenvalue weighted by atomic mass is 10.1. The van der Waals surface area contributed by atoms with Crippen molar-refractivity contribution < 1.29 is 19.7 Å². The van der Waals surface area contributed by atoms with Crippen molar-refractivity contribution in [1.82, 2.24) is 5.32 Å². The van der Waals surface area contributed by atoms with Crippen LogP contribution in [0.2, 0.25) is 0 Å². The van der Waals surface area contributed by atoms with Gasteiger partial charge in [-0.2, -0.15) is 0 Å². The molecule has 1 heterocycles. The van der Waals surface area contributed by atoms with Gasteiger partial charge in [-0.1, -0.05) is 18.2 Å². The van der Waals surface area contributed by atoms with Gasteiger partial charge < -0.3 is 15.4 Å². The van der Waals surface area contributed by atoms with Gasteiger partial charge in [-0.3, -0.25) is 0 Å². The molecule has 6 nitrogen and oxygen atoms in total. The monoisotopic (exact) mass is 222 g/mol. The lowest BCUT2D eigenvalue weighted by Crippen LogP contribution is -2.56. The molecule has 1 aromatic rings. The van der Waals surface area contributed by atoms with Crippen molar-refractivity contribution in [2.75, 3.05) is 0 Å². The maximum Gasteiger partial charge on any atom is 0.343 e. The van der Waals surface area contributed by atoms with Gasteiger partial charge in [0.2, 0.25) is 12.3 Å². The molecule has 3 N–H and O–H groups in total. The lowest BCUT2D eigenvalue weighted by Gasteiger charge is -2.26. The van der Waals surface area contributed by atoms with Crippen LogP contribution in [0.25, 0.3) is 0 Å². The first kappa shape index (κ1) is 10.6. The predicted octanol–water partition coefficient (Wildman–Crippen LogP) is -1.25. The van der Waals surface area contributed by atoms with Gasteiger partial charge in [0.05, 0.1) is 5.56 Å². The third-order valence-corrected chi connectivity index (χ3v) is 2.30. The molecule has 0 radical (unpaired) electrons. The van der Waals surface area contributed by atoms with E-state index in [0.29, 0.717) is 5.56 Å². The van der Waals surface area contributed by atoms with Crippen molar-refractivity contribution in [2.24, 2.45) is 0 Å². The van der Waals surface area contributed by atoms with Gasteiger partial charge in [-0.25, -0.2) is 14.9 Å². The summed E-state index contributed by atoms with van der Waals surface area (Å²) in [5.41, 5.74) is 0.469. The SMILES string of the molecule is O=C1NC(c2ccccc2)=[N+]([O-])C(O)C1O. The molecule has 0 saturated heterocycles. The molecule has 0 spiro atoms. The van der Waals surface area contributed by atoms with Crippen molar-refractivity contribution in [2.45, 2.75) is 12.3 Å². The van der Waals surface area contributed by atoms with E-state index in [1.807, 2.05) is 0 Å². The zero-order valence-electron chi connectivity index (χ0n) is 8.20. The zero-order chi connectivity index (χ0) is 11.7. The first-order valence-electron chi connectivity index (χ1n) is 4.67. The number of carbonyl (C=O) groups is 1. The predicted molar refractivity (Wildman–Crippen MR) is 54.3 cm³/mol. The molecule has 2 rings (SSSR count). The van der Waals surface area contributed by atoms with Gasteiger partial charge >= 0.3 is 5.91 Å². The van der Waals surface area contributed by atoms with Gasteiger partial charge in [-0.15, -0.1) is 0 Å². The third kappa shape index (κ3) is 1.64. The third-order valence-electron chi connectivity index (χ3n) is 2.30. The Kier molecular flexibility index (Phi) is 2.59. The molecular weight excluding hydrogens is 212 g/mol. The van der Waals surface area contributed by atoms with Gasteiger partial charge in [0.25, 0.3) is 5.84 Å². The molecule has 0 fully saturated rings. The van der Waals surface area contributed by atoms with Crippen molar-refractivity contribution in [3.05, 3.63) is 41.1 Å². The highest BCUT2D eigenvalue weighted by Crippen LogP contribution is 2.07. The summed E-state index contributed by atoms with van der Waals surface area (Å²) in [6.45, 7) is 0. The summed E-state index contributed by atoms with van der Waals surface area (Å²) in [7, 11) is 0. The Balaban J connectivity index is 2.45. The minimum absolute atomic E-state index is 0.0663. The van der Waals surface area contributed by atoms with E-state index in [1.54, 1.807) is 30.3 Å². The number of rotatable bonds is 1. The Labute approximate surface area is 91.0 Å². The average molecular weight is 222 g/mol. The molecule has 1 aliphatic heterocycles. The molecule has 2 atom stereocenters. The molecule has 1 aromatic carbocycles. The minimum Gasteiger partial charge on any atom is -0.713 e. The second-order valence-corrected chi connectivity index (χ2v) is 3.39. The molecule has 2 unspecified atom stereocenters. The van der Waals surface area contributed by atoms with Crippen LogP contribution in [0.3, 0.4) is 0 Å². The van der Waals surface area contributed by atoms with E-state index in [-0.39, 0.29) is 10.6 Å². The maximum atomic E-state index is 11.5. The second-order valence-electron chi connectivity index (χ2n) is 3.39. The largest absolute Gasteiger partial charge is 0.713 e. The van der Waals surface area contributed by atoms with Crippen molar-refractivity contribution >= 4 is 11.7 Å². The summed E-state index contributed by atoms with van der Waals surface area (Å²) < 4.78 is 0.182. The standard InChI is InChI=1S/C10H10N2O4/c13-7-9(14)11-8(12(16)10(7)15)6-4-2-1-3-5-6/h1-5,7,10,13,15H,(H,11,14). The Hall–Kier alpha value is -1.92. The van der Waals surface area contributed by atoms with Gasteiger partial charge in [0, 0.05) is 0 Å². The molecule has 1 aliphatic rings. The van der Waals surface area contributed by atoms with Gasteiger partial charge in [0.15, 0.2) is 0 Å². The Morgan fingerprint density at radius 3 is 2.50 bits per heavy atom. The lowest BCUT2D eigenvalue weighted by molar-refractivity contribution is -0.565. The van der Waals surface area contributed by atoms with Crippen LogP contribution in [0, 0.1) is 5.21 Å². The smallest absolute Gasteiger partial charge is 0.343 e. The summed E-state index contributed by atoms with van der Waals surface area (Å²) in [5, 5.41) is 32.3. The van der Waals surface area contributed by atoms with Crippen LogP contribution in [0.5, 0.6) is 0 Å². The maximum absolute atomic E-state index is 11.5. The molecule has 0 bridgehead atoms. The number of nitrogens with one attached hydrogen (secondary N) is 1. The van der Waals surface area contributed by atoms with Crippen LogP contribution >= 0.6 is 0 Å². The van der Waals surface area contributed by atoms with Gasteiger partial charge in [0.1, 0.15) is 0 Å². The number of hydrogen-bond acceptors (Lipinski definition) is 4. The molecule has 84 valence electrons. The molecule has 16 heavy (non-hydrogen) atoms. The normalized spacial score (nSPS) is 25.5. The van der Waals surface area contributed by atoms with E-state index >= 15 is 0 Å². The highest BCUT2D eigenvalue weighted by molar-refractivity contribution is 6.07. The minimum atomic E-state index is -1.77. The Morgan fingerprint density at radius 1 is 1.25 bits per heavy atom. The number of nitrogens with zero attached hydrogens (tertiary/aromatic N) is 1. The highest BCUT2D eigenvalue weighted by Gasteiger charge is 2.38. The molecule has 6 heteroatoms. The Morgan fingerprint density at radius 2 is 1.88 bits per heavy atom. The number of amidine groups is 1. The average Bonchev–Trinajstić information content (AvgIpc) is 2.32. The summed E-state index contributed by atoms with van der Waals surface area (Å²) in [6, 6.07) is 8.38. The summed E-state index contributed by atoms with van der Waals surface area (Å²) in [4.78, 5) is 11.2. The van der Waals surface area contributed by atoms with Crippen molar-refractivity contribution in [3.63, 3.8) is 0 Å². The van der Waals surface area contributed by atoms with Crippen LogP contribution in [0.4, 0.5) is 0 Å². The number of carbonyl (C=O) groups excluding carboxylic acids is 1. The van der Waals surface area contributed by atoms with Crippen LogP contribution in [0.1, 0.15) is 5.56 Å². The van der Waals surface area contributed by atoms with E-state index in [9.17, 15) is 15.1 Å². The number of amides is 1. The van der Waals surface area contributed by atoms with Crippen molar-refractivity contribution in [1.29, 1.82) is 0 Å². The molecular formula is C10H10N2O4. The van der Waals surface area contributed by atoms with E-state index in [4.69, 9.17) is 5.11 Å². The summed E-state index contributed by atoms with van der Waals surface area (Å²) >= 11 is 0. The van der Waals surface area contributed by atoms with Crippen molar-refractivity contribution in [3.8, 4) is 0 Å². The highest BCUT2D eigenvalue weighted by atomic mass is 16.5. The number of hydroxylamine groups is 1. The van der Waals surface area contributed by atoms with Gasteiger partial charge in [-0.05, 0) is 12.1 Å². The van der Waals surface area contributed by atoms with Crippen LogP contribution in [-0.4, -0.2) is 39.0 Å². The number of hydrogen-bond donors (Lipinski definition) is 3. The van der Waals surface area contributed by atoms with Crippen LogP contribution in [-0.2, 0) is 4.79 Å². The first-order chi connectivity index (χ1) is 7.61. The fraction of sp³-hybridized carbons (Fsp3) is 0.200. The molecule has 0 aromatic heterocycles. The fourth-order valence-corrected chi connectivity index (χ4v) is 1.44. The van der Waals surface area contributed by atoms with E-state index < -0.39 is 18.2 Å². The molecule has 0 aliphatic carbocycles. The van der Waals surface area contributed by atoms with E-state index in [1.165, 1.54) is 0 Å². The van der Waals surface area contributed by atoms with Crippen LogP contribution in [0.15, 0.2) is 30.3 Å². The first-order valence-corrected chi connectivity index (χ1v) is 4.67. The number of aliphatic hydroxyl groups is 2. The molecule has 1 amide bonds. The van der Waals surface area contributed by atoms with E-state index in [0.717, 1.165) is 0 Å². The number of benzene rings is 1.